The molecule has 0 spiro atoms. The van der Waals surface area contributed by atoms with Crippen LogP contribution in [0.2, 0.25) is 0 Å². The summed E-state index contributed by atoms with van der Waals surface area (Å²) < 4.78 is 29.6. The molecule has 2 rings (SSSR count). The summed E-state index contributed by atoms with van der Waals surface area (Å²) in [6.07, 6.45) is 3.10. The highest BCUT2D eigenvalue weighted by molar-refractivity contribution is 7.98. The highest BCUT2D eigenvalue weighted by Gasteiger charge is 2.12. The Hall–Kier alpha value is -2.19. The summed E-state index contributed by atoms with van der Waals surface area (Å²) in [7, 11) is -1.83. The van der Waals surface area contributed by atoms with E-state index in [0.29, 0.717) is 17.1 Å². The third-order valence-electron chi connectivity index (χ3n) is 3.42. The van der Waals surface area contributed by atoms with E-state index in [9.17, 15) is 13.2 Å². The molecule has 0 aliphatic heterocycles. The lowest BCUT2D eigenvalue weighted by Gasteiger charge is -2.16. The van der Waals surface area contributed by atoms with Crippen LogP contribution in [0.25, 0.3) is 0 Å². The van der Waals surface area contributed by atoms with Crippen molar-refractivity contribution in [1.82, 2.24) is 0 Å². The van der Waals surface area contributed by atoms with Gasteiger partial charge in [0.15, 0.2) is 6.61 Å². The van der Waals surface area contributed by atoms with Crippen LogP contribution in [0, 0.1) is 0 Å². The Morgan fingerprint density at radius 3 is 2.48 bits per heavy atom. The molecule has 0 bridgehead atoms. The predicted octanol–water partition coefficient (Wildman–Crippen LogP) is 2.82. The van der Waals surface area contributed by atoms with Gasteiger partial charge >= 0.3 is 0 Å². The average molecular weight is 380 g/mol. The van der Waals surface area contributed by atoms with E-state index in [1.807, 2.05) is 30.5 Å². The summed E-state index contributed by atoms with van der Waals surface area (Å²) in [6, 6.07) is 14.0. The molecule has 1 N–H and O–H groups in total. The standard InChI is InChI=1S/C17H20N2O4S2/c1-19(25(3,21)22)14-7-9-15(10-8-14)23-12-17(20)18-13-5-4-6-16(11-13)24-2/h4-11H,12H2,1-3H3,(H,18,20). The number of sulfonamides is 1. The van der Waals surface area contributed by atoms with E-state index in [0.717, 1.165) is 11.2 Å². The van der Waals surface area contributed by atoms with E-state index in [1.165, 1.54) is 11.4 Å². The first-order valence-corrected chi connectivity index (χ1v) is 10.5. The molecule has 2 aromatic carbocycles. The first-order chi connectivity index (χ1) is 11.8. The zero-order valence-corrected chi connectivity index (χ0v) is 15.9. The van der Waals surface area contributed by atoms with E-state index in [2.05, 4.69) is 5.32 Å². The van der Waals surface area contributed by atoms with Crippen LogP contribution in [-0.4, -0.2) is 40.5 Å². The van der Waals surface area contributed by atoms with Gasteiger partial charge in [0.1, 0.15) is 5.75 Å². The van der Waals surface area contributed by atoms with E-state index in [-0.39, 0.29) is 12.5 Å². The molecule has 0 aliphatic rings. The fourth-order valence-corrected chi connectivity index (χ4v) is 2.95. The maximum Gasteiger partial charge on any atom is 0.262 e. The molecule has 134 valence electrons. The number of hydrogen-bond donors (Lipinski definition) is 1. The second-order valence-corrected chi connectivity index (χ2v) is 8.19. The Bertz CT molecular complexity index is 836. The molecule has 0 saturated carbocycles. The smallest absolute Gasteiger partial charge is 0.262 e. The number of carbonyl (C=O) groups excluding carboxylic acids is 1. The Morgan fingerprint density at radius 2 is 1.88 bits per heavy atom. The van der Waals surface area contributed by atoms with Crippen molar-refractivity contribution in [3.63, 3.8) is 0 Å². The number of amides is 1. The summed E-state index contributed by atoms with van der Waals surface area (Å²) in [5.74, 6) is 0.217. The molecule has 2 aromatic rings. The van der Waals surface area contributed by atoms with E-state index >= 15 is 0 Å². The van der Waals surface area contributed by atoms with Crippen LogP contribution >= 0.6 is 11.8 Å². The van der Waals surface area contributed by atoms with E-state index < -0.39 is 10.0 Å². The van der Waals surface area contributed by atoms with Gasteiger partial charge in [-0.3, -0.25) is 9.10 Å². The van der Waals surface area contributed by atoms with Crippen molar-refractivity contribution in [2.75, 3.05) is 35.8 Å². The fraction of sp³-hybridized carbons (Fsp3) is 0.235. The molecule has 0 saturated heterocycles. The molecular formula is C17H20N2O4S2. The lowest BCUT2D eigenvalue weighted by atomic mass is 10.3. The third kappa shape index (κ3) is 5.68. The SMILES string of the molecule is CSc1cccc(NC(=O)COc2ccc(N(C)S(C)(=O)=O)cc2)c1. The van der Waals surface area contributed by atoms with Crippen LogP contribution < -0.4 is 14.4 Å². The van der Waals surface area contributed by atoms with Crippen molar-refractivity contribution >= 4 is 39.1 Å². The average Bonchev–Trinajstić information content (AvgIpc) is 2.59. The minimum Gasteiger partial charge on any atom is -0.484 e. The third-order valence-corrected chi connectivity index (χ3v) is 5.35. The highest BCUT2D eigenvalue weighted by Crippen LogP contribution is 2.21. The van der Waals surface area contributed by atoms with Crippen molar-refractivity contribution in [2.24, 2.45) is 0 Å². The number of hydrogen-bond acceptors (Lipinski definition) is 5. The topological polar surface area (TPSA) is 75.7 Å². The molecule has 8 heteroatoms. The number of thioether (sulfide) groups is 1. The van der Waals surface area contributed by atoms with Crippen molar-refractivity contribution < 1.29 is 17.9 Å². The molecule has 0 aliphatic carbocycles. The summed E-state index contributed by atoms with van der Waals surface area (Å²) >= 11 is 1.60. The number of nitrogens with zero attached hydrogens (tertiary/aromatic N) is 1. The van der Waals surface area contributed by atoms with Crippen LogP contribution in [0.3, 0.4) is 0 Å². The Kier molecular flexibility index (Phi) is 6.33. The molecule has 1 amide bonds. The van der Waals surface area contributed by atoms with Gasteiger partial charge in [-0.2, -0.15) is 0 Å². The van der Waals surface area contributed by atoms with Gasteiger partial charge in [-0.05, 0) is 48.7 Å². The van der Waals surface area contributed by atoms with Gasteiger partial charge in [0.25, 0.3) is 5.91 Å². The first-order valence-electron chi connectivity index (χ1n) is 7.40. The van der Waals surface area contributed by atoms with Crippen LogP contribution in [0.5, 0.6) is 5.75 Å². The van der Waals surface area contributed by atoms with E-state index in [4.69, 9.17) is 4.74 Å². The quantitative estimate of drug-likeness (QED) is 0.748. The molecule has 6 nitrogen and oxygen atoms in total. The second kappa shape index (κ2) is 8.26. The summed E-state index contributed by atoms with van der Waals surface area (Å²) in [5, 5.41) is 2.77. The molecule has 0 radical (unpaired) electrons. The molecule has 0 atom stereocenters. The van der Waals surface area contributed by atoms with Gasteiger partial charge in [0.2, 0.25) is 10.0 Å². The van der Waals surface area contributed by atoms with Crippen LogP contribution in [0.4, 0.5) is 11.4 Å². The molecule has 25 heavy (non-hydrogen) atoms. The summed E-state index contributed by atoms with van der Waals surface area (Å²) in [6.45, 7) is -0.134. The van der Waals surface area contributed by atoms with Crippen molar-refractivity contribution in [1.29, 1.82) is 0 Å². The number of benzene rings is 2. The number of anilines is 2. The van der Waals surface area contributed by atoms with Crippen molar-refractivity contribution in [2.45, 2.75) is 4.90 Å². The maximum absolute atomic E-state index is 12.0. The zero-order chi connectivity index (χ0) is 18.4. The second-order valence-electron chi connectivity index (χ2n) is 5.29. The summed E-state index contributed by atoms with van der Waals surface area (Å²) in [5.41, 5.74) is 1.23. The lowest BCUT2D eigenvalue weighted by molar-refractivity contribution is -0.118. The van der Waals surface area contributed by atoms with Gasteiger partial charge in [-0.1, -0.05) is 6.07 Å². The van der Waals surface area contributed by atoms with Crippen LogP contribution in [0.15, 0.2) is 53.4 Å². The molecule has 0 heterocycles. The highest BCUT2D eigenvalue weighted by atomic mass is 32.2. The molecule has 0 unspecified atom stereocenters. The Balaban J connectivity index is 1.91. The first kappa shape index (κ1) is 19.1. The molecule has 0 aromatic heterocycles. The number of nitrogens with one attached hydrogen (secondary N) is 1. The maximum atomic E-state index is 12.0. The number of ether oxygens (including phenoxy) is 1. The molecule has 0 fully saturated rings. The normalized spacial score (nSPS) is 11.0. The zero-order valence-electron chi connectivity index (χ0n) is 14.2. The summed E-state index contributed by atoms with van der Waals surface area (Å²) in [4.78, 5) is 13.0. The van der Waals surface area contributed by atoms with Gasteiger partial charge in [0, 0.05) is 17.6 Å². The fourth-order valence-electron chi connectivity index (χ4n) is 1.99. The lowest BCUT2D eigenvalue weighted by Crippen LogP contribution is -2.24. The van der Waals surface area contributed by atoms with Crippen LogP contribution in [0.1, 0.15) is 0 Å². The molecular weight excluding hydrogens is 360 g/mol. The monoisotopic (exact) mass is 380 g/mol. The van der Waals surface area contributed by atoms with Crippen molar-refractivity contribution in [3.8, 4) is 5.75 Å². The minimum absolute atomic E-state index is 0.134. The van der Waals surface area contributed by atoms with Gasteiger partial charge in [0.05, 0.1) is 11.9 Å². The van der Waals surface area contributed by atoms with Gasteiger partial charge in [-0.25, -0.2) is 8.42 Å². The van der Waals surface area contributed by atoms with Crippen molar-refractivity contribution in [3.05, 3.63) is 48.5 Å². The number of carbonyl (C=O) groups is 1. The predicted molar refractivity (Wildman–Crippen MR) is 102 cm³/mol. The Morgan fingerprint density at radius 1 is 1.20 bits per heavy atom. The van der Waals surface area contributed by atoms with Crippen LogP contribution in [-0.2, 0) is 14.8 Å². The van der Waals surface area contributed by atoms with E-state index in [1.54, 1.807) is 36.0 Å². The Labute approximate surface area is 152 Å². The van der Waals surface area contributed by atoms with Gasteiger partial charge in [-0.15, -0.1) is 11.8 Å². The largest absolute Gasteiger partial charge is 0.484 e. The number of rotatable bonds is 7. The minimum atomic E-state index is -3.31. The van der Waals surface area contributed by atoms with Gasteiger partial charge < -0.3 is 10.1 Å².